The van der Waals surface area contributed by atoms with E-state index >= 15 is 0 Å². The molecule has 1 saturated heterocycles. The third-order valence-corrected chi connectivity index (χ3v) is 3.75. The largest absolute Gasteiger partial charge is 0.465 e. The number of hydrogen-bond donors (Lipinski definition) is 1. The zero-order valence-electron chi connectivity index (χ0n) is 12.7. The molecule has 4 nitrogen and oxygen atoms in total. The molecule has 0 aromatic carbocycles. The van der Waals surface area contributed by atoms with Crippen LogP contribution in [0.4, 0.5) is 0 Å². The normalized spacial score (nSPS) is 20.7. The lowest BCUT2D eigenvalue weighted by Crippen LogP contribution is -2.37. The highest BCUT2D eigenvalue weighted by Gasteiger charge is 2.21. The van der Waals surface area contributed by atoms with Gasteiger partial charge in [-0.2, -0.15) is 0 Å². The lowest BCUT2D eigenvalue weighted by molar-refractivity contribution is 0.0414. The quantitative estimate of drug-likeness (QED) is 0.796. The van der Waals surface area contributed by atoms with E-state index in [0.717, 1.165) is 56.9 Å². The lowest BCUT2D eigenvalue weighted by Gasteiger charge is -2.26. The molecule has 1 N–H and O–H groups in total. The molecule has 0 amide bonds. The fourth-order valence-electron chi connectivity index (χ4n) is 2.79. The molecule has 1 aliphatic rings. The Morgan fingerprint density at radius 3 is 2.90 bits per heavy atom. The van der Waals surface area contributed by atoms with Crippen LogP contribution in [-0.4, -0.2) is 41.9 Å². The second kappa shape index (κ2) is 7.81. The van der Waals surface area contributed by atoms with Crippen molar-refractivity contribution in [3.05, 3.63) is 23.7 Å². The van der Waals surface area contributed by atoms with Gasteiger partial charge in [-0.1, -0.05) is 13.3 Å². The van der Waals surface area contributed by atoms with Gasteiger partial charge in [-0.15, -0.1) is 0 Å². The molecule has 0 bridgehead atoms. The average molecular weight is 281 g/mol. The van der Waals surface area contributed by atoms with E-state index in [0.29, 0.717) is 12.6 Å². The highest BCUT2D eigenvalue weighted by Crippen LogP contribution is 2.17. The van der Waals surface area contributed by atoms with Gasteiger partial charge >= 0.3 is 0 Å². The van der Waals surface area contributed by atoms with Gasteiger partial charge in [0, 0.05) is 19.7 Å². The topological polar surface area (TPSA) is 45.8 Å². The molecule has 2 rings (SSSR count). The zero-order valence-corrected chi connectivity index (χ0v) is 12.7. The highest BCUT2D eigenvalue weighted by molar-refractivity contribution is 5.05. The van der Waals surface area contributed by atoms with Crippen molar-refractivity contribution in [1.82, 2.24) is 4.90 Å². The molecule has 2 heterocycles. The molecule has 4 heteroatoms. The van der Waals surface area contributed by atoms with Crippen molar-refractivity contribution in [2.75, 3.05) is 19.7 Å². The zero-order chi connectivity index (χ0) is 14.4. The molecule has 114 valence electrons. The van der Waals surface area contributed by atoms with E-state index in [1.54, 1.807) is 0 Å². The van der Waals surface area contributed by atoms with E-state index in [9.17, 15) is 5.11 Å². The molecule has 1 aliphatic heterocycles. The molecule has 0 spiro atoms. The van der Waals surface area contributed by atoms with Crippen molar-refractivity contribution in [3.8, 4) is 0 Å². The monoisotopic (exact) mass is 281 g/mol. The van der Waals surface area contributed by atoms with Crippen LogP contribution in [0.5, 0.6) is 0 Å². The summed E-state index contributed by atoms with van der Waals surface area (Å²) < 4.78 is 11.4. The number of aliphatic hydroxyl groups is 1. The van der Waals surface area contributed by atoms with Gasteiger partial charge in [0.2, 0.25) is 0 Å². The van der Waals surface area contributed by atoms with Gasteiger partial charge in [-0.3, -0.25) is 4.90 Å². The Labute approximate surface area is 121 Å². The number of furan rings is 1. The second-order valence-electron chi connectivity index (χ2n) is 5.78. The van der Waals surface area contributed by atoms with Crippen molar-refractivity contribution in [1.29, 1.82) is 0 Å². The molecule has 20 heavy (non-hydrogen) atoms. The van der Waals surface area contributed by atoms with Gasteiger partial charge in [-0.05, 0) is 38.3 Å². The van der Waals surface area contributed by atoms with E-state index in [2.05, 4.69) is 11.8 Å². The van der Waals surface area contributed by atoms with Crippen LogP contribution in [0, 0.1) is 6.92 Å². The van der Waals surface area contributed by atoms with Crippen LogP contribution in [0.2, 0.25) is 0 Å². The Bertz CT molecular complexity index is 385. The van der Waals surface area contributed by atoms with E-state index in [4.69, 9.17) is 9.15 Å². The summed E-state index contributed by atoms with van der Waals surface area (Å²) in [5.74, 6) is 1.90. The maximum atomic E-state index is 10.1. The van der Waals surface area contributed by atoms with Crippen LogP contribution >= 0.6 is 0 Å². The number of nitrogens with zero attached hydrogens (tertiary/aromatic N) is 1. The molecule has 0 unspecified atom stereocenters. The molecular weight excluding hydrogens is 254 g/mol. The average Bonchev–Trinajstić information content (AvgIpc) is 3.01. The Kier molecular flexibility index (Phi) is 6.07. The summed E-state index contributed by atoms with van der Waals surface area (Å²) >= 11 is 0. The van der Waals surface area contributed by atoms with Gasteiger partial charge in [-0.25, -0.2) is 0 Å². The Hall–Kier alpha value is -0.840. The minimum atomic E-state index is -0.266. The summed E-state index contributed by atoms with van der Waals surface area (Å²) in [4.78, 5) is 2.26. The maximum absolute atomic E-state index is 10.1. The van der Waals surface area contributed by atoms with Gasteiger partial charge < -0.3 is 14.3 Å². The minimum Gasteiger partial charge on any atom is -0.465 e. The van der Waals surface area contributed by atoms with Crippen molar-refractivity contribution < 1.29 is 14.3 Å². The smallest absolute Gasteiger partial charge is 0.118 e. The Morgan fingerprint density at radius 2 is 2.30 bits per heavy atom. The summed E-state index contributed by atoms with van der Waals surface area (Å²) in [5, 5.41) is 10.1. The van der Waals surface area contributed by atoms with E-state index in [-0.39, 0.29) is 6.10 Å². The van der Waals surface area contributed by atoms with Crippen molar-refractivity contribution in [2.24, 2.45) is 0 Å². The van der Waals surface area contributed by atoms with Gasteiger partial charge in [0.1, 0.15) is 11.5 Å². The molecule has 1 aromatic heterocycles. The Balaban J connectivity index is 1.91. The number of aliphatic hydroxyl groups excluding tert-OH is 1. The second-order valence-corrected chi connectivity index (χ2v) is 5.78. The van der Waals surface area contributed by atoms with Crippen molar-refractivity contribution in [2.45, 2.75) is 58.3 Å². The molecule has 0 radical (unpaired) electrons. The minimum absolute atomic E-state index is 0.266. The highest BCUT2D eigenvalue weighted by atomic mass is 16.5. The first-order valence-corrected chi connectivity index (χ1v) is 7.74. The molecule has 2 atom stereocenters. The van der Waals surface area contributed by atoms with E-state index < -0.39 is 0 Å². The fraction of sp³-hybridized carbons (Fsp3) is 0.750. The van der Waals surface area contributed by atoms with Gasteiger partial charge in [0.05, 0.1) is 18.8 Å². The fourth-order valence-corrected chi connectivity index (χ4v) is 2.79. The summed E-state index contributed by atoms with van der Waals surface area (Å²) in [6.07, 6.45) is 4.17. The molecule has 0 saturated carbocycles. The van der Waals surface area contributed by atoms with E-state index in [1.165, 1.54) is 0 Å². The van der Waals surface area contributed by atoms with Gasteiger partial charge in [0.15, 0.2) is 0 Å². The number of hydrogen-bond acceptors (Lipinski definition) is 4. The van der Waals surface area contributed by atoms with Crippen LogP contribution in [0.25, 0.3) is 0 Å². The van der Waals surface area contributed by atoms with Crippen LogP contribution in [-0.2, 0) is 11.3 Å². The standard InChI is InChI=1S/C16H27NO3/c1-3-5-14(18)10-17(11-15-6-4-9-19-15)12-16-8-7-13(2)20-16/h7-8,14-15,18H,3-6,9-12H2,1-2H3/t14-,15+/m0/s1. The molecular formula is C16H27NO3. The first kappa shape index (κ1) is 15.5. The summed E-state index contributed by atoms with van der Waals surface area (Å²) in [7, 11) is 0. The van der Waals surface area contributed by atoms with Crippen molar-refractivity contribution in [3.63, 3.8) is 0 Å². The van der Waals surface area contributed by atoms with Crippen LogP contribution in [0.3, 0.4) is 0 Å². The molecule has 0 aliphatic carbocycles. The third kappa shape index (κ3) is 4.93. The SMILES string of the molecule is CCC[C@H](O)CN(Cc1ccc(C)o1)C[C@H]1CCCO1. The number of aryl methyl sites for hydroxylation is 1. The first-order chi connectivity index (χ1) is 9.67. The maximum Gasteiger partial charge on any atom is 0.118 e. The predicted molar refractivity (Wildman–Crippen MR) is 78.6 cm³/mol. The van der Waals surface area contributed by atoms with Gasteiger partial charge in [0.25, 0.3) is 0 Å². The lowest BCUT2D eigenvalue weighted by atomic mass is 10.1. The molecule has 1 fully saturated rings. The molecule has 1 aromatic rings. The third-order valence-electron chi connectivity index (χ3n) is 3.75. The summed E-state index contributed by atoms with van der Waals surface area (Å²) in [6, 6.07) is 4.01. The van der Waals surface area contributed by atoms with Crippen LogP contribution in [0.1, 0.15) is 44.1 Å². The summed E-state index contributed by atoms with van der Waals surface area (Å²) in [6.45, 7) is 7.24. The van der Waals surface area contributed by atoms with Crippen molar-refractivity contribution >= 4 is 0 Å². The first-order valence-electron chi connectivity index (χ1n) is 7.74. The number of rotatable bonds is 8. The van der Waals surface area contributed by atoms with E-state index in [1.807, 2.05) is 19.1 Å². The Morgan fingerprint density at radius 1 is 1.45 bits per heavy atom. The number of ether oxygens (including phenoxy) is 1. The van der Waals surface area contributed by atoms with Crippen LogP contribution < -0.4 is 0 Å². The summed E-state index contributed by atoms with van der Waals surface area (Å²) in [5.41, 5.74) is 0. The van der Waals surface area contributed by atoms with Crippen LogP contribution in [0.15, 0.2) is 16.5 Å². The predicted octanol–water partition coefficient (Wildman–Crippen LogP) is 2.73.